The van der Waals surface area contributed by atoms with Gasteiger partial charge in [-0.25, -0.2) is 0 Å². The molecule has 3 heterocycles. The Labute approximate surface area is 166 Å². The van der Waals surface area contributed by atoms with Gasteiger partial charge in [0.25, 0.3) is 0 Å². The molecule has 0 fully saturated rings. The van der Waals surface area contributed by atoms with Crippen molar-refractivity contribution in [3.8, 4) is 0 Å². The van der Waals surface area contributed by atoms with Gasteiger partial charge in [0.05, 0.1) is 0 Å². The first-order chi connectivity index (χ1) is 10.6. The number of amides is 1. The molecule has 0 aromatic carbocycles. The molecule has 120 valence electrons. The normalized spacial score (nSPS) is 17.7. The van der Waals surface area contributed by atoms with E-state index in [4.69, 9.17) is 0 Å². The molecule has 0 radical (unpaired) electrons. The van der Waals surface area contributed by atoms with E-state index in [1.165, 1.54) is 15.6 Å². The van der Waals surface area contributed by atoms with Crippen LogP contribution in [0.3, 0.4) is 0 Å². The quantitative estimate of drug-likeness (QED) is 0.270. The van der Waals surface area contributed by atoms with E-state index in [1.807, 2.05) is 0 Å². The average molecular weight is 597 g/mol. The van der Waals surface area contributed by atoms with Crippen molar-refractivity contribution in [1.29, 1.82) is 0 Å². The van der Waals surface area contributed by atoms with E-state index in [0.29, 0.717) is 11.4 Å². The van der Waals surface area contributed by atoms with Crippen LogP contribution in [-0.4, -0.2) is 40.8 Å². The second kappa shape index (κ2) is 7.50. The molecule has 1 amide bonds. The first kappa shape index (κ1) is 17.8. The first-order valence-electron chi connectivity index (χ1n) is 6.76. The van der Waals surface area contributed by atoms with Crippen LogP contribution in [0, 0.1) is 0 Å². The third-order valence-corrected chi connectivity index (χ3v) is 11.5. The third kappa shape index (κ3) is 3.11. The van der Waals surface area contributed by atoms with E-state index in [-0.39, 0.29) is 20.4 Å². The van der Waals surface area contributed by atoms with E-state index < -0.39 is 11.0 Å². The Morgan fingerprint density at radius 1 is 1.14 bits per heavy atom. The summed E-state index contributed by atoms with van der Waals surface area (Å²) in [6.07, 6.45) is 4.26. The standard InChI is InChI=1S/C13H12Br3NO2S2Se/c14-5-3-1-2-4-6-17-13(18)9-10(21(17)19)7-8(20-9)12(16)22-11(7)15/h1-6H2. The maximum absolute atomic E-state index is 12.8. The van der Waals surface area contributed by atoms with Gasteiger partial charge in [-0.3, -0.25) is 0 Å². The summed E-state index contributed by atoms with van der Waals surface area (Å²) in [7, 11) is -1.35. The molecule has 0 saturated heterocycles. The topological polar surface area (TPSA) is 37.4 Å². The zero-order chi connectivity index (χ0) is 15.9. The molecule has 22 heavy (non-hydrogen) atoms. The van der Waals surface area contributed by atoms with Crippen molar-refractivity contribution in [2.24, 2.45) is 0 Å². The van der Waals surface area contributed by atoms with Crippen molar-refractivity contribution in [3.05, 3.63) is 11.6 Å². The molecule has 3 rings (SSSR count). The van der Waals surface area contributed by atoms with Crippen molar-refractivity contribution in [1.82, 2.24) is 4.31 Å². The predicted molar refractivity (Wildman–Crippen MR) is 104 cm³/mol. The number of unbranched alkanes of at least 4 members (excludes halogenated alkanes) is 3. The molecule has 9 heteroatoms. The van der Waals surface area contributed by atoms with Crippen LogP contribution in [0.5, 0.6) is 0 Å². The number of alkyl halides is 1. The molecule has 2 aromatic rings. The summed E-state index contributed by atoms with van der Waals surface area (Å²) in [5, 5.41) is 2.02. The molecule has 2 aromatic heterocycles. The molecule has 0 bridgehead atoms. The Kier molecular flexibility index (Phi) is 6.08. The van der Waals surface area contributed by atoms with Gasteiger partial charge in [-0.05, 0) is 0 Å². The number of nitrogens with zero attached hydrogens (tertiary/aromatic N) is 1. The zero-order valence-corrected chi connectivity index (χ0v) is 19.5. The van der Waals surface area contributed by atoms with Crippen LogP contribution in [-0.2, 0) is 11.0 Å². The fourth-order valence-corrected chi connectivity index (χ4v) is 11.7. The fourth-order valence-electron chi connectivity index (χ4n) is 2.40. The van der Waals surface area contributed by atoms with E-state index >= 15 is 0 Å². The Balaban J connectivity index is 1.80. The predicted octanol–water partition coefficient (Wildman–Crippen LogP) is 4.92. The van der Waals surface area contributed by atoms with Gasteiger partial charge in [0.2, 0.25) is 0 Å². The fraction of sp³-hybridized carbons (Fsp3) is 0.462. The molecule has 1 atom stereocenters. The summed E-state index contributed by atoms with van der Waals surface area (Å²) in [4.78, 5) is 13.9. The van der Waals surface area contributed by atoms with E-state index in [2.05, 4.69) is 47.8 Å². The molecule has 1 aliphatic heterocycles. The zero-order valence-electron chi connectivity index (χ0n) is 11.4. The Bertz CT molecular complexity index is 758. The van der Waals surface area contributed by atoms with Crippen LogP contribution in [0.2, 0.25) is 0 Å². The Hall–Kier alpha value is 1.02. The number of carbonyl (C=O) groups excluding carboxylic acids is 1. The molecule has 0 N–H and O–H groups in total. The average Bonchev–Trinajstić information content (AvgIpc) is 3.07. The SMILES string of the molecule is O=C1c2sc3c(Br)[se]c(Br)c3c2S(=O)N1CCCCCCBr. The number of carbonyl (C=O) groups is 1. The summed E-state index contributed by atoms with van der Waals surface area (Å²) >= 11 is 12.3. The summed E-state index contributed by atoms with van der Waals surface area (Å²) < 4.78 is 17.6. The molecular formula is C13H12Br3NO2S2Se. The van der Waals surface area contributed by atoms with Crippen molar-refractivity contribution >= 4 is 101 Å². The van der Waals surface area contributed by atoms with Crippen LogP contribution in [0.15, 0.2) is 11.6 Å². The minimum atomic E-state index is -1.35. The van der Waals surface area contributed by atoms with Crippen LogP contribution in [0.4, 0.5) is 0 Å². The molecule has 1 unspecified atom stereocenters. The van der Waals surface area contributed by atoms with Crippen LogP contribution in [0.25, 0.3) is 10.1 Å². The molecule has 0 aliphatic carbocycles. The van der Waals surface area contributed by atoms with E-state index in [9.17, 15) is 9.00 Å². The van der Waals surface area contributed by atoms with Gasteiger partial charge < -0.3 is 0 Å². The number of rotatable bonds is 6. The molecule has 1 aliphatic rings. The monoisotopic (exact) mass is 595 g/mol. The summed E-state index contributed by atoms with van der Waals surface area (Å²) in [5.41, 5.74) is 0. The van der Waals surface area contributed by atoms with Crippen LogP contribution in [0.1, 0.15) is 35.4 Å². The second-order valence-corrected chi connectivity index (χ2v) is 14.1. The number of halogens is 3. The van der Waals surface area contributed by atoms with Gasteiger partial charge in [-0.15, -0.1) is 0 Å². The number of hydrogen-bond acceptors (Lipinski definition) is 3. The Morgan fingerprint density at radius 3 is 2.59 bits per heavy atom. The number of fused-ring (bicyclic) bond motifs is 3. The van der Waals surface area contributed by atoms with Crippen LogP contribution >= 0.6 is 59.1 Å². The van der Waals surface area contributed by atoms with Gasteiger partial charge in [-0.2, -0.15) is 0 Å². The summed E-state index contributed by atoms with van der Waals surface area (Å²) in [6.45, 7) is 0.581. The van der Waals surface area contributed by atoms with Crippen molar-refractivity contribution in [2.75, 3.05) is 11.9 Å². The molecule has 3 nitrogen and oxygen atoms in total. The third-order valence-electron chi connectivity index (χ3n) is 3.46. The van der Waals surface area contributed by atoms with Crippen molar-refractivity contribution in [3.63, 3.8) is 0 Å². The number of hydrogen-bond donors (Lipinski definition) is 0. The first-order valence-corrected chi connectivity index (χ1v) is 13.1. The number of thiophene rings is 1. The minimum absolute atomic E-state index is 0.0682. The van der Waals surface area contributed by atoms with Gasteiger partial charge in [0.1, 0.15) is 0 Å². The van der Waals surface area contributed by atoms with Gasteiger partial charge in [0, 0.05) is 0 Å². The molecular weight excluding hydrogens is 585 g/mol. The van der Waals surface area contributed by atoms with Crippen molar-refractivity contribution < 1.29 is 9.00 Å². The molecule has 0 spiro atoms. The summed E-state index contributed by atoms with van der Waals surface area (Å²) in [6, 6.07) is 0. The summed E-state index contributed by atoms with van der Waals surface area (Å²) in [5.74, 6) is -0.0682. The Morgan fingerprint density at radius 2 is 1.86 bits per heavy atom. The van der Waals surface area contributed by atoms with Crippen molar-refractivity contribution in [2.45, 2.75) is 30.6 Å². The van der Waals surface area contributed by atoms with Crippen LogP contribution < -0.4 is 0 Å². The van der Waals surface area contributed by atoms with Gasteiger partial charge in [0.15, 0.2) is 0 Å². The van der Waals surface area contributed by atoms with Gasteiger partial charge >= 0.3 is 168 Å². The molecule has 0 saturated carbocycles. The van der Waals surface area contributed by atoms with Gasteiger partial charge in [-0.1, -0.05) is 0 Å². The maximum atomic E-state index is 12.8. The van der Waals surface area contributed by atoms with E-state index in [0.717, 1.165) is 52.7 Å². The van der Waals surface area contributed by atoms with E-state index in [1.54, 1.807) is 0 Å². The second-order valence-electron chi connectivity index (χ2n) is 4.87.